The van der Waals surface area contributed by atoms with Gasteiger partial charge in [0.15, 0.2) is 0 Å². The summed E-state index contributed by atoms with van der Waals surface area (Å²) in [6.07, 6.45) is -6.79. The van der Waals surface area contributed by atoms with Gasteiger partial charge in [-0.3, -0.25) is 9.59 Å². The smallest absolute Gasteiger partial charge is 0.392 e. The van der Waals surface area contributed by atoms with Gasteiger partial charge in [0.2, 0.25) is 0 Å². The minimum absolute atomic E-state index is 0.941. The van der Waals surface area contributed by atoms with Crippen LogP contribution in [0.25, 0.3) is 0 Å². The Hall–Kier alpha value is -1.27. The monoisotopic (exact) mass is 214 g/mol. The molecule has 0 aromatic carbocycles. The van der Waals surface area contributed by atoms with E-state index in [0.717, 1.165) is 7.11 Å². The molecule has 14 heavy (non-hydrogen) atoms. The molecule has 0 saturated carbocycles. The molecule has 0 spiro atoms. The van der Waals surface area contributed by atoms with Gasteiger partial charge in [-0.1, -0.05) is 0 Å². The number of aliphatic carboxylic acids is 1. The second kappa shape index (κ2) is 4.83. The first-order valence-electron chi connectivity index (χ1n) is 3.62. The molecular formula is C7H9F3O4. The number of esters is 1. The van der Waals surface area contributed by atoms with Crippen molar-refractivity contribution in [2.24, 2.45) is 5.92 Å². The molecule has 0 aliphatic heterocycles. The van der Waals surface area contributed by atoms with Crippen molar-refractivity contribution in [1.29, 1.82) is 0 Å². The Balaban J connectivity index is 4.41. The van der Waals surface area contributed by atoms with Crippen molar-refractivity contribution in [2.75, 3.05) is 7.11 Å². The topological polar surface area (TPSA) is 63.6 Å². The van der Waals surface area contributed by atoms with E-state index in [0.29, 0.717) is 0 Å². The van der Waals surface area contributed by atoms with E-state index in [-0.39, 0.29) is 0 Å². The van der Waals surface area contributed by atoms with E-state index in [1.165, 1.54) is 0 Å². The normalized spacial score (nSPS) is 13.4. The molecule has 82 valence electrons. The Labute approximate surface area is 77.7 Å². The first kappa shape index (κ1) is 12.7. The van der Waals surface area contributed by atoms with Crippen molar-refractivity contribution < 1.29 is 32.6 Å². The van der Waals surface area contributed by atoms with E-state index in [1.54, 1.807) is 0 Å². The van der Waals surface area contributed by atoms with Gasteiger partial charge in [0.25, 0.3) is 0 Å². The van der Waals surface area contributed by atoms with Gasteiger partial charge in [0.1, 0.15) is 0 Å². The lowest BCUT2D eigenvalue weighted by Gasteiger charge is -2.16. The molecule has 0 unspecified atom stereocenters. The summed E-state index contributed by atoms with van der Waals surface area (Å²) in [6, 6.07) is 0. The molecule has 0 amide bonds. The standard InChI is InChI=1S/C7H9F3O4/c1-14-6(13)3-4(2-5(11)12)7(8,9)10/h4H,2-3H2,1H3,(H,11,12)/t4-/m1/s1. The second-order valence-electron chi connectivity index (χ2n) is 2.62. The fraction of sp³-hybridized carbons (Fsp3) is 0.714. The predicted molar refractivity (Wildman–Crippen MR) is 38.4 cm³/mol. The first-order valence-corrected chi connectivity index (χ1v) is 3.62. The average molecular weight is 214 g/mol. The lowest BCUT2D eigenvalue weighted by molar-refractivity contribution is -0.189. The zero-order chi connectivity index (χ0) is 11.4. The SMILES string of the molecule is COC(=O)C[C@@H](CC(=O)O)C(F)(F)F. The summed E-state index contributed by atoms with van der Waals surface area (Å²) < 4.78 is 40.3. The summed E-state index contributed by atoms with van der Waals surface area (Å²) in [5, 5.41) is 8.18. The molecule has 4 nitrogen and oxygen atoms in total. The van der Waals surface area contributed by atoms with Gasteiger partial charge in [-0.05, 0) is 0 Å². The predicted octanol–water partition coefficient (Wildman–Crippen LogP) is 1.20. The van der Waals surface area contributed by atoms with Gasteiger partial charge in [-0.15, -0.1) is 0 Å². The van der Waals surface area contributed by atoms with Crippen molar-refractivity contribution in [1.82, 2.24) is 0 Å². The first-order chi connectivity index (χ1) is 6.27. The van der Waals surface area contributed by atoms with Crippen LogP contribution < -0.4 is 0 Å². The highest BCUT2D eigenvalue weighted by Crippen LogP contribution is 2.31. The molecule has 1 atom stereocenters. The van der Waals surface area contributed by atoms with Crippen molar-refractivity contribution in [3.05, 3.63) is 0 Å². The van der Waals surface area contributed by atoms with Crippen LogP contribution in [0.15, 0.2) is 0 Å². The van der Waals surface area contributed by atoms with Crippen molar-refractivity contribution in [2.45, 2.75) is 19.0 Å². The van der Waals surface area contributed by atoms with Gasteiger partial charge >= 0.3 is 18.1 Å². The number of carbonyl (C=O) groups excluding carboxylic acids is 1. The lowest BCUT2D eigenvalue weighted by Crippen LogP contribution is -2.28. The molecular weight excluding hydrogens is 205 g/mol. The summed E-state index contributed by atoms with van der Waals surface area (Å²) in [6.45, 7) is 0. The third kappa shape index (κ3) is 4.68. The Kier molecular flexibility index (Phi) is 4.39. The van der Waals surface area contributed by atoms with Crippen molar-refractivity contribution >= 4 is 11.9 Å². The summed E-state index contributed by atoms with van der Waals surface area (Å²) in [7, 11) is 0.941. The van der Waals surface area contributed by atoms with E-state index in [2.05, 4.69) is 4.74 Å². The molecule has 0 aliphatic rings. The van der Waals surface area contributed by atoms with Crippen molar-refractivity contribution in [3.63, 3.8) is 0 Å². The minimum Gasteiger partial charge on any atom is -0.481 e. The minimum atomic E-state index is -4.70. The van der Waals surface area contributed by atoms with E-state index in [4.69, 9.17) is 5.11 Å². The molecule has 0 bridgehead atoms. The maximum Gasteiger partial charge on any atom is 0.392 e. The zero-order valence-electron chi connectivity index (χ0n) is 7.30. The van der Waals surface area contributed by atoms with E-state index in [9.17, 15) is 22.8 Å². The molecule has 0 saturated heterocycles. The van der Waals surface area contributed by atoms with Crippen LogP contribution in [-0.4, -0.2) is 30.3 Å². The number of hydrogen-bond donors (Lipinski definition) is 1. The van der Waals surface area contributed by atoms with E-state index in [1.807, 2.05) is 0 Å². The number of carboxylic acid groups (broad SMARTS) is 1. The number of methoxy groups -OCH3 is 1. The Morgan fingerprint density at radius 2 is 1.86 bits per heavy atom. The third-order valence-electron chi connectivity index (χ3n) is 1.52. The summed E-state index contributed by atoms with van der Waals surface area (Å²) in [4.78, 5) is 20.6. The fourth-order valence-electron chi connectivity index (χ4n) is 0.799. The van der Waals surface area contributed by atoms with Gasteiger partial charge in [-0.25, -0.2) is 0 Å². The van der Waals surface area contributed by atoms with Crippen LogP contribution in [0.3, 0.4) is 0 Å². The number of hydrogen-bond acceptors (Lipinski definition) is 3. The van der Waals surface area contributed by atoms with Gasteiger partial charge in [-0.2, -0.15) is 13.2 Å². The number of ether oxygens (including phenoxy) is 1. The number of rotatable bonds is 4. The van der Waals surface area contributed by atoms with Gasteiger partial charge in [0, 0.05) is 0 Å². The molecule has 0 aromatic rings. The van der Waals surface area contributed by atoms with Crippen LogP contribution in [0.1, 0.15) is 12.8 Å². The molecule has 0 heterocycles. The Morgan fingerprint density at radius 1 is 1.36 bits per heavy atom. The number of carbonyl (C=O) groups is 2. The van der Waals surface area contributed by atoms with Crippen LogP contribution in [-0.2, 0) is 14.3 Å². The average Bonchev–Trinajstić information content (AvgIpc) is 2.00. The molecule has 1 N–H and O–H groups in total. The molecule has 0 radical (unpaired) electrons. The van der Waals surface area contributed by atoms with E-state index >= 15 is 0 Å². The lowest BCUT2D eigenvalue weighted by atomic mass is 10.0. The highest BCUT2D eigenvalue weighted by molar-refractivity contribution is 5.72. The summed E-state index contributed by atoms with van der Waals surface area (Å²) >= 11 is 0. The van der Waals surface area contributed by atoms with E-state index < -0.39 is 36.9 Å². The summed E-state index contributed by atoms with van der Waals surface area (Å²) in [5.41, 5.74) is 0. The second-order valence-corrected chi connectivity index (χ2v) is 2.62. The number of halogens is 3. The Bertz CT molecular complexity index is 223. The van der Waals surface area contributed by atoms with Gasteiger partial charge in [0.05, 0.1) is 25.9 Å². The highest BCUT2D eigenvalue weighted by atomic mass is 19.4. The van der Waals surface area contributed by atoms with Crippen LogP contribution >= 0.6 is 0 Å². The fourth-order valence-corrected chi connectivity index (χ4v) is 0.799. The Morgan fingerprint density at radius 3 is 2.14 bits per heavy atom. The maximum absolute atomic E-state index is 12.1. The zero-order valence-corrected chi connectivity index (χ0v) is 7.30. The quantitative estimate of drug-likeness (QED) is 0.714. The summed E-state index contributed by atoms with van der Waals surface area (Å²) in [5.74, 6) is -4.86. The maximum atomic E-state index is 12.1. The molecule has 0 aliphatic carbocycles. The van der Waals surface area contributed by atoms with Crippen LogP contribution in [0.2, 0.25) is 0 Å². The molecule has 0 fully saturated rings. The largest absolute Gasteiger partial charge is 0.481 e. The van der Waals surface area contributed by atoms with Crippen molar-refractivity contribution in [3.8, 4) is 0 Å². The molecule has 7 heteroatoms. The molecule has 0 rings (SSSR count). The number of carboxylic acids is 1. The third-order valence-corrected chi connectivity index (χ3v) is 1.52. The molecule has 0 aromatic heterocycles. The highest BCUT2D eigenvalue weighted by Gasteiger charge is 2.42. The van der Waals surface area contributed by atoms with Crippen LogP contribution in [0.4, 0.5) is 13.2 Å². The van der Waals surface area contributed by atoms with Crippen LogP contribution in [0.5, 0.6) is 0 Å². The number of alkyl halides is 3. The van der Waals surface area contributed by atoms with Crippen LogP contribution in [0, 0.1) is 5.92 Å². The van der Waals surface area contributed by atoms with Gasteiger partial charge < -0.3 is 9.84 Å².